The van der Waals surface area contributed by atoms with E-state index in [0.29, 0.717) is 17.0 Å². The molecule has 0 aromatic heterocycles. The van der Waals surface area contributed by atoms with Crippen LogP contribution in [0.5, 0.6) is 5.75 Å². The molecule has 0 heterocycles. The molecule has 3 aromatic rings. The Morgan fingerprint density at radius 1 is 0.967 bits per heavy atom. The molecular weight excluding hydrogens is 394 g/mol. The summed E-state index contributed by atoms with van der Waals surface area (Å²) >= 11 is 6.07. The van der Waals surface area contributed by atoms with Gasteiger partial charge < -0.3 is 10.1 Å². The lowest BCUT2D eigenvalue weighted by molar-refractivity contribution is 0.0976. The molecule has 1 atom stereocenters. The molecule has 3 rings (SSSR count). The number of ketones is 1. The molecule has 0 saturated heterocycles. The quantitative estimate of drug-likeness (QED) is 0.354. The van der Waals surface area contributed by atoms with Gasteiger partial charge in [-0.3, -0.25) is 4.79 Å². The molecule has 156 valence electrons. The minimum atomic E-state index is -0.154. The van der Waals surface area contributed by atoms with E-state index >= 15 is 0 Å². The summed E-state index contributed by atoms with van der Waals surface area (Å²) in [6.45, 7) is 2.20. The normalized spacial score (nSPS) is 11.7. The molecular formula is C26H28ClNO2. The summed E-state index contributed by atoms with van der Waals surface area (Å²) in [4.78, 5) is 13.0. The van der Waals surface area contributed by atoms with Gasteiger partial charge in [0.05, 0.1) is 13.2 Å². The third-order valence-corrected chi connectivity index (χ3v) is 5.44. The van der Waals surface area contributed by atoms with Crippen molar-refractivity contribution < 1.29 is 9.53 Å². The number of carbonyl (C=O) groups excluding carboxylic acids is 1. The van der Waals surface area contributed by atoms with Crippen molar-refractivity contribution in [1.29, 1.82) is 0 Å². The fourth-order valence-corrected chi connectivity index (χ4v) is 3.50. The Hall–Kier alpha value is -2.78. The zero-order valence-electron chi connectivity index (χ0n) is 17.5. The summed E-state index contributed by atoms with van der Waals surface area (Å²) in [7, 11) is 1.62. The lowest BCUT2D eigenvalue weighted by atomic mass is 9.97. The highest BCUT2D eigenvalue weighted by Gasteiger charge is 2.18. The first kappa shape index (κ1) is 21.9. The minimum absolute atomic E-state index is 0.0738. The summed E-state index contributed by atoms with van der Waals surface area (Å²) in [6, 6.07) is 23.2. The second-order valence-corrected chi connectivity index (χ2v) is 7.84. The van der Waals surface area contributed by atoms with Gasteiger partial charge in [0.15, 0.2) is 5.78 Å². The van der Waals surface area contributed by atoms with E-state index in [9.17, 15) is 4.79 Å². The number of halogens is 1. The summed E-state index contributed by atoms with van der Waals surface area (Å²) in [6.07, 6.45) is 3.81. The molecule has 0 aliphatic rings. The van der Waals surface area contributed by atoms with Crippen LogP contribution in [0.25, 0.3) is 0 Å². The topological polar surface area (TPSA) is 38.3 Å². The Morgan fingerprint density at radius 2 is 1.63 bits per heavy atom. The molecule has 30 heavy (non-hydrogen) atoms. The number of carbonyl (C=O) groups is 1. The van der Waals surface area contributed by atoms with E-state index in [1.54, 1.807) is 7.11 Å². The number of ether oxygens (including phenoxy) is 1. The van der Waals surface area contributed by atoms with Gasteiger partial charge in [-0.25, -0.2) is 0 Å². The molecule has 3 aromatic carbocycles. The summed E-state index contributed by atoms with van der Waals surface area (Å²) in [5.41, 5.74) is 4.03. The number of nitrogens with one attached hydrogen (secondary N) is 1. The number of benzene rings is 3. The first-order valence-electron chi connectivity index (χ1n) is 10.4. The highest BCUT2D eigenvalue weighted by Crippen LogP contribution is 2.26. The van der Waals surface area contributed by atoms with E-state index in [-0.39, 0.29) is 11.8 Å². The molecule has 0 unspecified atom stereocenters. The molecule has 3 nitrogen and oxygen atoms in total. The molecule has 0 amide bonds. The van der Waals surface area contributed by atoms with Crippen molar-refractivity contribution in [3.63, 3.8) is 0 Å². The Labute approximate surface area is 184 Å². The van der Waals surface area contributed by atoms with Crippen molar-refractivity contribution >= 4 is 23.1 Å². The van der Waals surface area contributed by atoms with Gasteiger partial charge in [-0.2, -0.15) is 0 Å². The fourth-order valence-electron chi connectivity index (χ4n) is 3.38. The van der Waals surface area contributed by atoms with Gasteiger partial charge in [-0.15, -0.1) is 0 Å². The van der Waals surface area contributed by atoms with Crippen LogP contribution < -0.4 is 10.1 Å². The third-order valence-electron chi connectivity index (χ3n) is 5.19. The van der Waals surface area contributed by atoms with Gasteiger partial charge in [-0.1, -0.05) is 49.2 Å². The Bertz CT molecular complexity index is 934. The zero-order valence-corrected chi connectivity index (χ0v) is 18.3. The van der Waals surface area contributed by atoms with Crippen molar-refractivity contribution in [2.24, 2.45) is 0 Å². The van der Waals surface area contributed by atoms with Gasteiger partial charge in [0, 0.05) is 22.7 Å². The van der Waals surface area contributed by atoms with Gasteiger partial charge in [-0.05, 0) is 72.5 Å². The van der Waals surface area contributed by atoms with E-state index in [1.165, 1.54) is 18.4 Å². The van der Waals surface area contributed by atoms with Crippen LogP contribution in [0.2, 0.25) is 5.02 Å². The standard InChI is InChI=1S/C26H28ClNO2/c1-3-4-5-19-6-14-23(15-7-19)28-25(20-8-12-22(27)13-9-20)18-26(29)21-10-16-24(30-2)17-11-21/h6-17,25,28H,3-5,18H2,1-2H3/t25-/m0/s1. The lowest BCUT2D eigenvalue weighted by Crippen LogP contribution is -2.16. The largest absolute Gasteiger partial charge is 0.497 e. The van der Waals surface area contributed by atoms with Crippen LogP contribution in [0, 0.1) is 0 Å². The number of rotatable bonds is 10. The summed E-state index contributed by atoms with van der Waals surface area (Å²) in [5, 5.41) is 4.21. The van der Waals surface area contributed by atoms with E-state index < -0.39 is 0 Å². The molecule has 0 aliphatic heterocycles. The molecule has 0 fully saturated rings. The van der Waals surface area contributed by atoms with Crippen LogP contribution in [0.15, 0.2) is 72.8 Å². The Balaban J connectivity index is 1.77. The van der Waals surface area contributed by atoms with Crippen LogP contribution >= 0.6 is 11.6 Å². The molecule has 0 bridgehead atoms. The SMILES string of the molecule is CCCCc1ccc(N[C@@H](CC(=O)c2ccc(OC)cc2)c2ccc(Cl)cc2)cc1. The highest BCUT2D eigenvalue weighted by molar-refractivity contribution is 6.30. The molecule has 4 heteroatoms. The maximum Gasteiger partial charge on any atom is 0.165 e. The third kappa shape index (κ3) is 6.11. The average Bonchev–Trinajstić information content (AvgIpc) is 2.78. The number of hydrogen-bond acceptors (Lipinski definition) is 3. The van der Waals surface area contributed by atoms with Gasteiger partial charge in [0.2, 0.25) is 0 Å². The monoisotopic (exact) mass is 421 g/mol. The summed E-state index contributed by atoms with van der Waals surface area (Å²) in [5.74, 6) is 0.812. The van der Waals surface area contributed by atoms with Crippen molar-refractivity contribution in [2.75, 3.05) is 12.4 Å². The van der Waals surface area contributed by atoms with Crippen LogP contribution in [-0.2, 0) is 6.42 Å². The maximum absolute atomic E-state index is 13.0. The van der Waals surface area contributed by atoms with Gasteiger partial charge >= 0.3 is 0 Å². The van der Waals surface area contributed by atoms with Crippen LogP contribution in [0.1, 0.15) is 53.7 Å². The molecule has 0 aliphatic carbocycles. The van der Waals surface area contributed by atoms with E-state index in [0.717, 1.165) is 23.4 Å². The second-order valence-electron chi connectivity index (χ2n) is 7.40. The number of Topliss-reactive ketones (excluding diaryl/α,β-unsaturated/α-hetero) is 1. The Kier molecular flexibility index (Phi) is 7.92. The average molecular weight is 422 g/mol. The minimum Gasteiger partial charge on any atom is -0.497 e. The first-order chi connectivity index (χ1) is 14.6. The molecule has 1 N–H and O–H groups in total. The molecule has 0 spiro atoms. The smallest absolute Gasteiger partial charge is 0.165 e. The number of hydrogen-bond donors (Lipinski definition) is 1. The number of aryl methyl sites for hydroxylation is 1. The lowest BCUT2D eigenvalue weighted by Gasteiger charge is -2.20. The van der Waals surface area contributed by atoms with E-state index in [1.807, 2.05) is 48.5 Å². The molecule has 0 saturated carbocycles. The van der Waals surface area contributed by atoms with Crippen molar-refractivity contribution in [2.45, 2.75) is 38.6 Å². The number of unbranched alkanes of at least 4 members (excludes halogenated alkanes) is 1. The fraction of sp³-hybridized carbons (Fsp3) is 0.269. The van der Waals surface area contributed by atoms with Crippen molar-refractivity contribution in [3.8, 4) is 5.75 Å². The Morgan fingerprint density at radius 3 is 2.23 bits per heavy atom. The highest BCUT2D eigenvalue weighted by atomic mass is 35.5. The maximum atomic E-state index is 13.0. The first-order valence-corrected chi connectivity index (χ1v) is 10.7. The van der Waals surface area contributed by atoms with Crippen LogP contribution in [0.3, 0.4) is 0 Å². The van der Waals surface area contributed by atoms with Crippen molar-refractivity contribution in [1.82, 2.24) is 0 Å². The summed E-state index contributed by atoms with van der Waals surface area (Å²) < 4.78 is 5.19. The van der Waals surface area contributed by atoms with Gasteiger partial charge in [0.25, 0.3) is 0 Å². The van der Waals surface area contributed by atoms with Crippen LogP contribution in [0.4, 0.5) is 5.69 Å². The van der Waals surface area contributed by atoms with E-state index in [2.05, 4.69) is 36.5 Å². The predicted octanol–water partition coefficient (Wildman–Crippen LogP) is 7.12. The second kappa shape index (κ2) is 10.8. The van der Waals surface area contributed by atoms with E-state index in [4.69, 9.17) is 16.3 Å². The van der Waals surface area contributed by atoms with Gasteiger partial charge in [0.1, 0.15) is 5.75 Å². The number of methoxy groups -OCH3 is 1. The number of anilines is 1. The zero-order chi connectivity index (χ0) is 21.3. The predicted molar refractivity (Wildman–Crippen MR) is 125 cm³/mol. The van der Waals surface area contributed by atoms with Crippen molar-refractivity contribution in [3.05, 3.63) is 94.5 Å². The van der Waals surface area contributed by atoms with Crippen LogP contribution in [-0.4, -0.2) is 12.9 Å². The molecule has 0 radical (unpaired) electrons.